The first kappa shape index (κ1) is 13.5. The summed E-state index contributed by atoms with van der Waals surface area (Å²) < 4.78 is 10.1. The molecular weight excluding hydrogens is 244 g/mol. The number of carbonyl (C=O) groups excluding carboxylic acids is 1. The third-order valence-electron chi connectivity index (χ3n) is 3.32. The van der Waals surface area contributed by atoms with Crippen molar-refractivity contribution in [1.29, 1.82) is 0 Å². The van der Waals surface area contributed by atoms with Gasteiger partial charge in [-0.1, -0.05) is 25.1 Å². The highest BCUT2D eigenvalue weighted by molar-refractivity contribution is 5.76. The molecule has 2 rings (SSSR count). The minimum atomic E-state index is -0.288. The van der Waals surface area contributed by atoms with E-state index in [0.717, 1.165) is 5.75 Å². The highest BCUT2D eigenvalue weighted by atomic mass is 16.5. The van der Waals surface area contributed by atoms with Crippen LogP contribution in [0, 0.1) is 5.92 Å². The molecule has 0 bridgehead atoms. The Kier molecular flexibility index (Phi) is 4.52. The van der Waals surface area contributed by atoms with Crippen LogP contribution in [0.5, 0.6) is 5.75 Å². The number of aliphatic imine (C=N–C) groups is 1. The Morgan fingerprint density at radius 2 is 2.16 bits per heavy atom. The first-order valence-electron chi connectivity index (χ1n) is 6.27. The average Bonchev–Trinajstić information content (AvgIpc) is 2.81. The van der Waals surface area contributed by atoms with E-state index in [9.17, 15) is 4.79 Å². The fraction of sp³-hybridized carbons (Fsp3) is 0.429. The van der Waals surface area contributed by atoms with E-state index in [1.807, 2.05) is 37.3 Å². The van der Waals surface area contributed by atoms with Gasteiger partial charge in [0.25, 0.3) is 0 Å². The quantitative estimate of drug-likeness (QED) is 0.504. The van der Waals surface area contributed by atoms with Crippen LogP contribution < -0.4 is 10.1 Å². The van der Waals surface area contributed by atoms with E-state index in [1.165, 1.54) is 13.5 Å². The molecule has 1 saturated heterocycles. The van der Waals surface area contributed by atoms with Crippen LogP contribution in [0.2, 0.25) is 0 Å². The van der Waals surface area contributed by atoms with Crippen molar-refractivity contribution in [2.75, 3.05) is 13.7 Å². The van der Waals surface area contributed by atoms with Gasteiger partial charge < -0.3 is 14.8 Å². The number of methoxy groups -OCH3 is 1. The number of hydrogen-bond donors (Lipinski definition) is 1. The van der Waals surface area contributed by atoms with Crippen molar-refractivity contribution in [3.63, 3.8) is 0 Å². The molecule has 0 aliphatic carbocycles. The van der Waals surface area contributed by atoms with Gasteiger partial charge in [-0.05, 0) is 12.1 Å². The Balaban J connectivity index is 1.88. The zero-order valence-electron chi connectivity index (χ0n) is 11.1. The van der Waals surface area contributed by atoms with Gasteiger partial charge >= 0.3 is 5.97 Å². The second-order valence-electron chi connectivity index (χ2n) is 4.52. The molecule has 1 aromatic carbocycles. The molecule has 0 unspecified atom stereocenters. The minimum absolute atomic E-state index is 0.0211. The molecule has 0 radical (unpaired) electrons. The van der Waals surface area contributed by atoms with E-state index in [4.69, 9.17) is 9.47 Å². The van der Waals surface area contributed by atoms with Crippen molar-refractivity contribution in [1.82, 2.24) is 5.32 Å². The van der Waals surface area contributed by atoms with Gasteiger partial charge in [-0.15, -0.1) is 0 Å². The van der Waals surface area contributed by atoms with Crippen molar-refractivity contribution in [2.45, 2.75) is 19.0 Å². The van der Waals surface area contributed by atoms with Gasteiger partial charge in [0.05, 0.1) is 13.2 Å². The van der Waals surface area contributed by atoms with E-state index >= 15 is 0 Å². The summed E-state index contributed by atoms with van der Waals surface area (Å²) in [5.41, 5.74) is 0. The van der Waals surface area contributed by atoms with Crippen LogP contribution in [0.15, 0.2) is 35.3 Å². The Hall–Kier alpha value is -1.88. The van der Waals surface area contributed by atoms with E-state index in [0.29, 0.717) is 6.54 Å². The lowest BCUT2D eigenvalue weighted by Crippen LogP contribution is -2.36. The SMILES string of the molecule is COC(=O)[C@H]1NC[C@@H](/N=C/Oc2ccccc2)[C@H]1C. The van der Waals surface area contributed by atoms with E-state index in [2.05, 4.69) is 10.3 Å². The third kappa shape index (κ3) is 3.32. The number of para-hydroxylation sites is 1. The summed E-state index contributed by atoms with van der Waals surface area (Å²) in [7, 11) is 1.39. The summed E-state index contributed by atoms with van der Waals surface area (Å²) in [6, 6.07) is 9.18. The molecule has 19 heavy (non-hydrogen) atoms. The van der Waals surface area contributed by atoms with Crippen LogP contribution in [0.1, 0.15) is 6.92 Å². The van der Waals surface area contributed by atoms with Gasteiger partial charge in [-0.2, -0.15) is 0 Å². The summed E-state index contributed by atoms with van der Waals surface area (Å²) in [4.78, 5) is 15.8. The molecule has 0 amide bonds. The molecular formula is C14H18N2O3. The molecule has 1 N–H and O–H groups in total. The molecule has 0 spiro atoms. The van der Waals surface area contributed by atoms with Gasteiger partial charge in [-0.25, -0.2) is 0 Å². The van der Waals surface area contributed by atoms with Crippen LogP contribution in [0.25, 0.3) is 0 Å². The van der Waals surface area contributed by atoms with Gasteiger partial charge in [-0.3, -0.25) is 9.79 Å². The maximum absolute atomic E-state index is 11.5. The lowest BCUT2D eigenvalue weighted by atomic mass is 9.99. The molecule has 5 heteroatoms. The lowest BCUT2D eigenvalue weighted by molar-refractivity contribution is -0.143. The van der Waals surface area contributed by atoms with Crippen LogP contribution in [-0.4, -0.2) is 38.1 Å². The van der Waals surface area contributed by atoms with Crippen molar-refractivity contribution in [2.24, 2.45) is 10.9 Å². The standard InChI is InChI=1S/C14H18N2O3/c1-10-12(8-15-13(10)14(17)18-2)16-9-19-11-6-4-3-5-7-11/h3-7,9-10,12-13,15H,8H2,1-2H3/b16-9+/t10-,12-,13+/m1/s1. The molecule has 0 saturated carbocycles. The number of carbonyl (C=O) groups is 1. The van der Waals surface area contributed by atoms with Crippen molar-refractivity contribution >= 4 is 12.4 Å². The summed E-state index contributed by atoms with van der Waals surface area (Å²) in [6.45, 7) is 2.63. The Morgan fingerprint density at radius 1 is 1.42 bits per heavy atom. The fourth-order valence-corrected chi connectivity index (χ4v) is 2.12. The molecule has 1 fully saturated rings. The highest BCUT2D eigenvalue weighted by Gasteiger charge is 2.37. The zero-order valence-corrected chi connectivity index (χ0v) is 11.1. The molecule has 1 heterocycles. The first-order valence-corrected chi connectivity index (χ1v) is 6.27. The maximum Gasteiger partial charge on any atom is 0.323 e. The van der Waals surface area contributed by atoms with Gasteiger partial charge in [0, 0.05) is 12.5 Å². The monoisotopic (exact) mass is 262 g/mol. The number of benzene rings is 1. The number of rotatable bonds is 4. The van der Waals surface area contributed by atoms with E-state index < -0.39 is 0 Å². The summed E-state index contributed by atoms with van der Waals surface area (Å²) in [6.07, 6.45) is 1.44. The zero-order chi connectivity index (χ0) is 13.7. The summed E-state index contributed by atoms with van der Waals surface area (Å²) in [5.74, 6) is 0.589. The average molecular weight is 262 g/mol. The third-order valence-corrected chi connectivity index (χ3v) is 3.32. The second kappa shape index (κ2) is 6.33. The lowest BCUT2D eigenvalue weighted by Gasteiger charge is -2.14. The molecule has 1 aromatic rings. The first-order chi connectivity index (χ1) is 9.22. The van der Waals surface area contributed by atoms with Crippen molar-refractivity contribution in [3.05, 3.63) is 30.3 Å². The van der Waals surface area contributed by atoms with E-state index in [-0.39, 0.29) is 24.0 Å². The number of nitrogens with one attached hydrogen (secondary N) is 1. The highest BCUT2D eigenvalue weighted by Crippen LogP contribution is 2.19. The Bertz CT molecular complexity index is 447. The van der Waals surface area contributed by atoms with Crippen LogP contribution >= 0.6 is 0 Å². The number of nitrogens with zero attached hydrogens (tertiary/aromatic N) is 1. The van der Waals surface area contributed by atoms with Crippen LogP contribution in [0.4, 0.5) is 0 Å². The minimum Gasteiger partial charge on any atom is -0.468 e. The predicted octanol–water partition coefficient (Wildman–Crippen LogP) is 1.24. The molecule has 3 atom stereocenters. The van der Waals surface area contributed by atoms with Crippen molar-refractivity contribution < 1.29 is 14.3 Å². The number of ether oxygens (including phenoxy) is 2. The van der Waals surface area contributed by atoms with Gasteiger partial charge in [0.15, 0.2) is 6.40 Å². The molecule has 1 aliphatic heterocycles. The Morgan fingerprint density at radius 3 is 2.84 bits per heavy atom. The van der Waals surface area contributed by atoms with E-state index in [1.54, 1.807) is 0 Å². The number of hydrogen-bond acceptors (Lipinski definition) is 5. The smallest absolute Gasteiger partial charge is 0.323 e. The normalized spacial score (nSPS) is 26.5. The van der Waals surface area contributed by atoms with Gasteiger partial charge in [0.1, 0.15) is 11.8 Å². The molecule has 1 aliphatic rings. The molecule has 5 nitrogen and oxygen atoms in total. The summed E-state index contributed by atoms with van der Waals surface area (Å²) in [5, 5.41) is 3.11. The predicted molar refractivity (Wildman–Crippen MR) is 72.3 cm³/mol. The largest absolute Gasteiger partial charge is 0.468 e. The number of esters is 1. The fourth-order valence-electron chi connectivity index (χ4n) is 2.12. The summed E-state index contributed by atoms with van der Waals surface area (Å²) >= 11 is 0. The maximum atomic E-state index is 11.5. The van der Waals surface area contributed by atoms with Crippen molar-refractivity contribution in [3.8, 4) is 5.75 Å². The van der Waals surface area contributed by atoms with Gasteiger partial charge in [0.2, 0.25) is 0 Å². The van der Waals surface area contributed by atoms with Crippen LogP contribution in [-0.2, 0) is 9.53 Å². The topological polar surface area (TPSA) is 59.9 Å². The second-order valence-corrected chi connectivity index (χ2v) is 4.52. The Labute approximate surface area is 112 Å². The molecule has 0 aromatic heterocycles. The molecule has 102 valence electrons. The van der Waals surface area contributed by atoms with Crippen LogP contribution in [0.3, 0.4) is 0 Å².